The summed E-state index contributed by atoms with van der Waals surface area (Å²) in [5.41, 5.74) is -0.551. The largest absolute Gasteiger partial charge is 0.493 e. The topological polar surface area (TPSA) is 85.3 Å². The van der Waals surface area contributed by atoms with Gasteiger partial charge in [0.05, 0.1) is 49.4 Å². The zero-order valence-corrected chi connectivity index (χ0v) is 19.8. The van der Waals surface area contributed by atoms with E-state index in [1.165, 1.54) is 37.3 Å². The van der Waals surface area contributed by atoms with E-state index in [4.69, 9.17) is 9.47 Å². The van der Waals surface area contributed by atoms with E-state index < -0.39 is 38.8 Å². The summed E-state index contributed by atoms with van der Waals surface area (Å²) < 4.78 is 76.0. The van der Waals surface area contributed by atoms with Crippen LogP contribution in [0, 0.1) is 0 Å². The predicted octanol–water partition coefficient (Wildman–Crippen LogP) is 3.57. The molecule has 0 aliphatic carbocycles. The average molecular weight is 515 g/mol. The fourth-order valence-corrected chi connectivity index (χ4v) is 8.01. The van der Waals surface area contributed by atoms with Crippen molar-refractivity contribution in [2.75, 3.05) is 30.6 Å². The number of rotatable bonds is 5. The third-order valence-corrected chi connectivity index (χ3v) is 8.77. The Balaban J connectivity index is 1.69. The number of hydrogen-bond acceptors (Lipinski definition) is 6. The van der Waals surface area contributed by atoms with Crippen molar-refractivity contribution in [3.8, 4) is 11.5 Å². The number of carbonyl (C=O) groups is 1. The van der Waals surface area contributed by atoms with Crippen LogP contribution < -0.4 is 14.4 Å². The van der Waals surface area contributed by atoms with E-state index in [0.29, 0.717) is 17.1 Å². The molecule has 2 aromatic carbocycles. The van der Waals surface area contributed by atoms with Crippen molar-refractivity contribution in [2.45, 2.75) is 23.9 Å². The number of fused-ring (bicyclic) bond motifs is 1. The molecular weight excluding hydrogens is 493 g/mol. The van der Waals surface area contributed by atoms with Gasteiger partial charge in [-0.3, -0.25) is 4.79 Å². The first kappa shape index (κ1) is 24.4. The highest BCUT2D eigenvalue weighted by Crippen LogP contribution is 2.45. The van der Waals surface area contributed by atoms with Gasteiger partial charge >= 0.3 is 6.18 Å². The Morgan fingerprint density at radius 1 is 1.12 bits per heavy atom. The van der Waals surface area contributed by atoms with E-state index >= 15 is 0 Å². The number of nitrogens with zero attached hydrogens (tertiary/aromatic N) is 2. The van der Waals surface area contributed by atoms with Crippen molar-refractivity contribution in [1.29, 1.82) is 0 Å². The average Bonchev–Trinajstić information content (AvgIpc) is 3.23. The van der Waals surface area contributed by atoms with Crippen molar-refractivity contribution in [3.63, 3.8) is 0 Å². The first-order valence-electron chi connectivity index (χ1n) is 10.2. The lowest BCUT2D eigenvalue weighted by atomic mass is 10.1. The highest BCUT2D eigenvalue weighted by atomic mass is 32.2. The maximum absolute atomic E-state index is 13.7. The number of hydrogen-bond donors (Lipinski definition) is 0. The molecule has 2 saturated heterocycles. The van der Waals surface area contributed by atoms with Crippen molar-refractivity contribution in [2.24, 2.45) is 4.99 Å². The third-order valence-electron chi connectivity index (χ3n) is 5.56. The lowest BCUT2D eigenvalue weighted by molar-refractivity contribution is -0.137. The molecular formula is C22H21F3N2O5S2. The second-order valence-corrected chi connectivity index (χ2v) is 11.2. The van der Waals surface area contributed by atoms with Crippen LogP contribution in [-0.2, 0) is 27.2 Å². The number of carbonyl (C=O) groups excluding carboxylic acids is 1. The van der Waals surface area contributed by atoms with E-state index in [1.54, 1.807) is 18.2 Å². The number of sulfone groups is 1. The molecule has 0 bridgehead atoms. The van der Waals surface area contributed by atoms with Gasteiger partial charge in [0.1, 0.15) is 0 Å². The predicted molar refractivity (Wildman–Crippen MR) is 123 cm³/mol. The molecule has 2 heterocycles. The number of benzene rings is 2. The molecule has 2 aliphatic heterocycles. The van der Waals surface area contributed by atoms with Gasteiger partial charge in [-0.25, -0.2) is 8.42 Å². The van der Waals surface area contributed by atoms with Gasteiger partial charge in [0, 0.05) is 5.25 Å². The van der Waals surface area contributed by atoms with Crippen molar-refractivity contribution < 1.29 is 35.9 Å². The molecule has 2 aliphatic rings. The van der Waals surface area contributed by atoms with Crippen LogP contribution >= 0.6 is 11.8 Å². The van der Waals surface area contributed by atoms with Crippen LogP contribution in [0.5, 0.6) is 11.5 Å². The summed E-state index contributed by atoms with van der Waals surface area (Å²) in [6.45, 7) is 0. The monoisotopic (exact) mass is 514 g/mol. The van der Waals surface area contributed by atoms with Crippen LogP contribution in [0.15, 0.2) is 47.5 Å². The summed E-state index contributed by atoms with van der Waals surface area (Å²) in [4.78, 5) is 18.2. The summed E-state index contributed by atoms with van der Waals surface area (Å²) in [5, 5.41) is -0.453. The standard InChI is InChI=1S/C22H21F3N2O5S2/c1-31-17-8-7-13(9-18(17)32-2)10-20(28)26-21-27(16-11-34(29,30)12-19(16)33-21)15-6-4-3-5-14(15)22(23,24)25/h3-9,16,19H,10-12H2,1-2H3/t16-,19+/m1/s1. The molecule has 0 saturated carbocycles. The number of amides is 1. The van der Waals surface area contributed by atoms with Crippen LogP contribution in [0.2, 0.25) is 0 Å². The van der Waals surface area contributed by atoms with E-state index in [0.717, 1.165) is 17.8 Å². The lowest BCUT2D eigenvalue weighted by Gasteiger charge is -2.27. The molecule has 12 heteroatoms. The number of halogens is 3. The van der Waals surface area contributed by atoms with E-state index in [9.17, 15) is 26.4 Å². The molecule has 2 atom stereocenters. The zero-order chi connectivity index (χ0) is 24.7. The fourth-order valence-electron chi connectivity index (χ4n) is 4.08. The molecule has 0 N–H and O–H groups in total. The normalized spacial score (nSPS) is 22.6. The number of thioether (sulfide) groups is 1. The second kappa shape index (κ2) is 9.14. The number of para-hydroxylation sites is 1. The fraction of sp³-hybridized carbons (Fsp3) is 0.364. The summed E-state index contributed by atoms with van der Waals surface area (Å²) in [6.07, 6.45) is -4.78. The van der Waals surface area contributed by atoms with Crippen molar-refractivity contribution >= 4 is 38.4 Å². The molecule has 2 fully saturated rings. The van der Waals surface area contributed by atoms with Gasteiger partial charge in [-0.2, -0.15) is 18.2 Å². The van der Waals surface area contributed by atoms with Gasteiger partial charge in [0.25, 0.3) is 5.91 Å². The Kier molecular flexibility index (Phi) is 6.56. The second-order valence-electron chi connectivity index (χ2n) is 7.84. The SMILES string of the molecule is COc1ccc(CC(=O)N=C2S[C@H]3CS(=O)(=O)C[C@H]3N2c2ccccc2C(F)(F)F)cc1OC. The minimum atomic E-state index is -4.66. The summed E-state index contributed by atoms with van der Waals surface area (Å²) in [6, 6.07) is 9.08. The van der Waals surface area contributed by atoms with Crippen LogP contribution in [0.25, 0.3) is 0 Å². The quantitative estimate of drug-likeness (QED) is 0.603. The van der Waals surface area contributed by atoms with Gasteiger partial charge in [0.2, 0.25) is 0 Å². The maximum Gasteiger partial charge on any atom is 0.418 e. The zero-order valence-electron chi connectivity index (χ0n) is 18.2. The first-order valence-corrected chi connectivity index (χ1v) is 12.9. The van der Waals surface area contributed by atoms with Crippen molar-refractivity contribution in [1.82, 2.24) is 0 Å². The summed E-state index contributed by atoms with van der Waals surface area (Å²) >= 11 is 1.02. The molecule has 34 heavy (non-hydrogen) atoms. The molecule has 7 nitrogen and oxygen atoms in total. The van der Waals surface area contributed by atoms with Crippen LogP contribution in [0.4, 0.5) is 18.9 Å². The van der Waals surface area contributed by atoms with E-state index in [2.05, 4.69) is 4.99 Å². The minimum absolute atomic E-state index is 0.0621. The Hall–Kier alpha value is -2.73. The number of alkyl halides is 3. The molecule has 0 radical (unpaired) electrons. The maximum atomic E-state index is 13.7. The highest BCUT2D eigenvalue weighted by Gasteiger charge is 2.51. The Labute approximate surface area is 198 Å². The molecule has 4 rings (SSSR count). The lowest BCUT2D eigenvalue weighted by Crippen LogP contribution is -2.39. The first-order chi connectivity index (χ1) is 16.0. The minimum Gasteiger partial charge on any atom is -0.493 e. The molecule has 2 aromatic rings. The van der Waals surface area contributed by atoms with Gasteiger partial charge in [-0.05, 0) is 29.8 Å². The van der Waals surface area contributed by atoms with Gasteiger partial charge in [-0.15, -0.1) is 0 Å². The number of anilines is 1. The number of amidine groups is 1. The summed E-state index contributed by atoms with van der Waals surface area (Å²) in [5.74, 6) is -0.154. The van der Waals surface area contributed by atoms with E-state index in [1.807, 2.05) is 0 Å². The van der Waals surface area contributed by atoms with Gasteiger partial charge < -0.3 is 14.4 Å². The van der Waals surface area contributed by atoms with Gasteiger partial charge in [-0.1, -0.05) is 30.0 Å². The van der Waals surface area contributed by atoms with Crippen LogP contribution in [-0.4, -0.2) is 56.5 Å². The Morgan fingerprint density at radius 3 is 2.50 bits per heavy atom. The molecule has 0 aromatic heterocycles. The Bertz CT molecular complexity index is 1250. The van der Waals surface area contributed by atoms with Crippen LogP contribution in [0.1, 0.15) is 11.1 Å². The van der Waals surface area contributed by atoms with Crippen LogP contribution in [0.3, 0.4) is 0 Å². The number of methoxy groups -OCH3 is 2. The number of aliphatic imine (C=N–C) groups is 1. The number of ether oxygens (including phenoxy) is 2. The third kappa shape index (κ3) is 4.88. The molecule has 0 unspecified atom stereocenters. The summed E-state index contributed by atoms with van der Waals surface area (Å²) in [7, 11) is -0.476. The smallest absolute Gasteiger partial charge is 0.418 e. The molecule has 182 valence electrons. The van der Waals surface area contributed by atoms with E-state index in [-0.39, 0.29) is 28.8 Å². The Morgan fingerprint density at radius 2 is 1.82 bits per heavy atom. The van der Waals surface area contributed by atoms with Crippen molar-refractivity contribution in [3.05, 3.63) is 53.6 Å². The molecule has 1 amide bonds. The van der Waals surface area contributed by atoms with Gasteiger partial charge in [0.15, 0.2) is 26.5 Å². The highest BCUT2D eigenvalue weighted by molar-refractivity contribution is 8.16. The molecule has 0 spiro atoms.